The monoisotopic (exact) mass is 465 g/mol. The van der Waals surface area contributed by atoms with Crippen LogP contribution < -0.4 is 5.32 Å². The first kappa shape index (κ1) is 24.5. The predicted molar refractivity (Wildman–Crippen MR) is 113 cm³/mol. The molecule has 0 fully saturated rings. The highest BCUT2D eigenvalue weighted by atomic mass is 19.4. The van der Waals surface area contributed by atoms with Gasteiger partial charge in [0.2, 0.25) is 0 Å². The number of carbonyl (C=O) groups is 3. The van der Waals surface area contributed by atoms with Crippen molar-refractivity contribution < 1.29 is 37.0 Å². The lowest BCUT2D eigenvalue weighted by atomic mass is 9.69. The molecule has 1 aromatic carbocycles. The van der Waals surface area contributed by atoms with Crippen LogP contribution in [0.2, 0.25) is 0 Å². The van der Waals surface area contributed by atoms with Crippen molar-refractivity contribution in [3.63, 3.8) is 0 Å². The summed E-state index contributed by atoms with van der Waals surface area (Å²) in [6.07, 6.45) is -4.65. The highest BCUT2D eigenvalue weighted by Gasteiger charge is 2.47. The largest absolute Gasteiger partial charge is 0.468 e. The van der Waals surface area contributed by atoms with E-state index in [4.69, 9.17) is 9.47 Å². The van der Waals surface area contributed by atoms with Crippen molar-refractivity contribution in [2.45, 2.75) is 52.3 Å². The summed E-state index contributed by atoms with van der Waals surface area (Å²) in [5.41, 5.74) is 0.742. The summed E-state index contributed by atoms with van der Waals surface area (Å²) in [4.78, 5) is 38.9. The van der Waals surface area contributed by atoms with E-state index in [-0.39, 0.29) is 17.1 Å². The molecule has 1 heterocycles. The quantitative estimate of drug-likeness (QED) is 0.528. The molecular weight excluding hydrogens is 439 g/mol. The Morgan fingerprint density at radius 1 is 1.15 bits per heavy atom. The number of esters is 2. The van der Waals surface area contributed by atoms with Gasteiger partial charge in [-0.3, -0.25) is 9.59 Å². The molecule has 0 amide bonds. The van der Waals surface area contributed by atoms with Crippen LogP contribution in [0.15, 0.2) is 46.8 Å². The van der Waals surface area contributed by atoms with Crippen molar-refractivity contribution in [3.8, 4) is 0 Å². The third-order valence-electron chi connectivity index (χ3n) is 5.88. The first-order valence-electron chi connectivity index (χ1n) is 10.6. The zero-order valence-electron chi connectivity index (χ0n) is 19.0. The van der Waals surface area contributed by atoms with Gasteiger partial charge >= 0.3 is 18.1 Å². The molecule has 33 heavy (non-hydrogen) atoms. The van der Waals surface area contributed by atoms with Crippen molar-refractivity contribution in [1.82, 2.24) is 5.32 Å². The van der Waals surface area contributed by atoms with E-state index in [9.17, 15) is 27.6 Å². The number of hydrogen-bond donors (Lipinski definition) is 1. The number of benzene rings is 1. The SMILES string of the molecule is COC(=O)[C@@H]1C(=O)C2=C(C[C@H]1C)NC(C)=C(C(=O)OC(C)C)[C@@H]2c1ccc(C(F)(F)F)cc1. The number of methoxy groups -OCH3 is 1. The Morgan fingerprint density at radius 3 is 2.27 bits per heavy atom. The summed E-state index contributed by atoms with van der Waals surface area (Å²) >= 11 is 0. The van der Waals surface area contributed by atoms with Crippen LogP contribution in [0.25, 0.3) is 0 Å². The fourth-order valence-corrected chi connectivity index (χ4v) is 4.43. The van der Waals surface area contributed by atoms with Gasteiger partial charge in [0.25, 0.3) is 0 Å². The summed E-state index contributed by atoms with van der Waals surface area (Å²) in [5, 5.41) is 3.10. The summed E-state index contributed by atoms with van der Waals surface area (Å²) in [5.74, 6) is -4.32. The van der Waals surface area contributed by atoms with Gasteiger partial charge in [0.1, 0.15) is 5.92 Å². The molecule has 3 rings (SSSR count). The lowest BCUT2D eigenvalue weighted by Gasteiger charge is -2.38. The number of rotatable bonds is 4. The maximum absolute atomic E-state index is 13.5. The van der Waals surface area contributed by atoms with Gasteiger partial charge in [-0.2, -0.15) is 13.2 Å². The highest BCUT2D eigenvalue weighted by molar-refractivity contribution is 6.12. The Bertz CT molecular complexity index is 1040. The van der Waals surface area contributed by atoms with E-state index in [1.165, 1.54) is 19.2 Å². The molecule has 6 nitrogen and oxygen atoms in total. The number of ketones is 1. The van der Waals surface area contributed by atoms with Crippen LogP contribution in [0.1, 0.15) is 51.2 Å². The van der Waals surface area contributed by atoms with Crippen LogP contribution >= 0.6 is 0 Å². The Hall–Kier alpha value is -3.10. The van der Waals surface area contributed by atoms with Gasteiger partial charge in [-0.25, -0.2) is 4.79 Å². The lowest BCUT2D eigenvalue weighted by Crippen LogP contribution is -2.43. The van der Waals surface area contributed by atoms with Crippen molar-refractivity contribution in [1.29, 1.82) is 0 Å². The van der Waals surface area contributed by atoms with Crippen molar-refractivity contribution in [3.05, 3.63) is 57.9 Å². The van der Waals surface area contributed by atoms with Crippen LogP contribution in [-0.4, -0.2) is 30.9 Å². The Kier molecular flexibility index (Phi) is 6.72. The molecule has 1 aromatic rings. The van der Waals surface area contributed by atoms with Crippen LogP contribution in [0, 0.1) is 11.8 Å². The van der Waals surface area contributed by atoms with E-state index in [0.29, 0.717) is 23.4 Å². The van der Waals surface area contributed by atoms with Gasteiger partial charge in [-0.05, 0) is 50.8 Å². The molecule has 0 radical (unpaired) electrons. The average molecular weight is 465 g/mol. The average Bonchev–Trinajstić information content (AvgIpc) is 2.71. The van der Waals surface area contributed by atoms with E-state index in [1.807, 2.05) is 0 Å². The summed E-state index contributed by atoms with van der Waals surface area (Å²) in [6.45, 7) is 6.74. The Balaban J connectivity index is 2.18. The third-order valence-corrected chi connectivity index (χ3v) is 5.88. The zero-order valence-corrected chi connectivity index (χ0v) is 19.0. The van der Waals surface area contributed by atoms with E-state index in [0.717, 1.165) is 12.1 Å². The van der Waals surface area contributed by atoms with Crippen molar-refractivity contribution >= 4 is 17.7 Å². The molecule has 0 unspecified atom stereocenters. The second kappa shape index (κ2) is 9.03. The van der Waals surface area contributed by atoms with Crippen LogP contribution in [0.5, 0.6) is 0 Å². The highest BCUT2D eigenvalue weighted by Crippen LogP contribution is 2.46. The van der Waals surface area contributed by atoms with Gasteiger partial charge in [-0.15, -0.1) is 0 Å². The topological polar surface area (TPSA) is 81.7 Å². The minimum absolute atomic E-state index is 0.119. The van der Waals surface area contributed by atoms with Gasteiger partial charge < -0.3 is 14.8 Å². The molecule has 3 atom stereocenters. The van der Waals surface area contributed by atoms with Gasteiger partial charge in [0.15, 0.2) is 5.78 Å². The lowest BCUT2D eigenvalue weighted by molar-refractivity contribution is -0.151. The van der Waals surface area contributed by atoms with E-state index < -0.39 is 47.4 Å². The van der Waals surface area contributed by atoms with E-state index in [1.54, 1.807) is 27.7 Å². The molecule has 0 saturated heterocycles. The number of dihydropyridines is 1. The second-order valence-electron chi connectivity index (χ2n) is 8.61. The standard InChI is InChI=1S/C24H26F3NO5/c1-11(2)33-23(31)18-13(4)28-16-10-12(3)17(22(30)32-5)21(29)20(16)19(18)14-6-8-15(9-7-14)24(25,26)27/h6-9,11-12,17,19,28H,10H2,1-5H3/t12-,17+,19+/m1/s1. The normalized spacial score (nSPS) is 23.3. The summed E-state index contributed by atoms with van der Waals surface area (Å²) in [6, 6.07) is 4.31. The maximum Gasteiger partial charge on any atom is 0.416 e. The Morgan fingerprint density at radius 2 is 1.76 bits per heavy atom. The van der Waals surface area contributed by atoms with Gasteiger partial charge in [-0.1, -0.05) is 19.1 Å². The summed E-state index contributed by atoms with van der Waals surface area (Å²) in [7, 11) is 1.19. The number of allylic oxidation sites excluding steroid dienone is 3. The first-order valence-corrected chi connectivity index (χ1v) is 10.6. The first-order chi connectivity index (χ1) is 15.4. The molecular formula is C24H26F3NO5. The minimum atomic E-state index is -4.53. The Labute approximate surface area is 189 Å². The molecule has 2 aliphatic rings. The fourth-order valence-electron chi connectivity index (χ4n) is 4.43. The molecule has 9 heteroatoms. The molecule has 178 valence electrons. The van der Waals surface area contributed by atoms with E-state index in [2.05, 4.69) is 5.32 Å². The molecule has 0 bridgehead atoms. The molecule has 0 spiro atoms. The van der Waals surface area contributed by atoms with Crippen molar-refractivity contribution in [2.75, 3.05) is 7.11 Å². The second-order valence-corrected chi connectivity index (χ2v) is 8.61. The van der Waals surface area contributed by atoms with Gasteiger partial charge in [0.05, 0.1) is 24.4 Å². The number of hydrogen-bond acceptors (Lipinski definition) is 6. The molecule has 0 aromatic heterocycles. The smallest absolute Gasteiger partial charge is 0.416 e. The minimum Gasteiger partial charge on any atom is -0.468 e. The molecule has 0 saturated carbocycles. The number of nitrogens with one attached hydrogen (secondary N) is 1. The summed E-state index contributed by atoms with van der Waals surface area (Å²) < 4.78 is 49.6. The van der Waals surface area contributed by atoms with Crippen LogP contribution in [-0.2, 0) is 30.0 Å². The van der Waals surface area contributed by atoms with E-state index >= 15 is 0 Å². The zero-order chi connectivity index (χ0) is 24.7. The molecule has 1 N–H and O–H groups in total. The van der Waals surface area contributed by atoms with Crippen molar-refractivity contribution in [2.24, 2.45) is 11.8 Å². The number of ether oxygens (including phenoxy) is 2. The molecule has 1 aliphatic carbocycles. The number of carbonyl (C=O) groups excluding carboxylic acids is 3. The fraction of sp³-hybridized carbons (Fsp3) is 0.458. The van der Waals surface area contributed by atoms with Crippen LogP contribution in [0.4, 0.5) is 13.2 Å². The molecule has 1 aliphatic heterocycles. The van der Waals surface area contributed by atoms with Gasteiger partial charge in [0, 0.05) is 22.9 Å². The number of halogens is 3. The van der Waals surface area contributed by atoms with Crippen LogP contribution in [0.3, 0.4) is 0 Å². The predicted octanol–water partition coefficient (Wildman–Crippen LogP) is 4.27. The third kappa shape index (κ3) is 4.67. The maximum atomic E-state index is 13.5. The number of Topliss-reactive ketones (excluding diaryl/α,β-unsaturated/α-hetero) is 1. The number of alkyl halides is 3.